The van der Waals surface area contributed by atoms with Crippen LogP contribution in [0.3, 0.4) is 0 Å². The SMILES string of the molecule is CNC(=O)N1CCc2c(c([C@@H](C)CCCCc3cc(-c4ccn(C)n4)c(C(F)F)cc3C)nn2C2CCOCC2)C1. The monoisotopic (exact) mass is 568 g/mol. The Hall–Kier alpha value is -3.27. The van der Waals surface area contributed by atoms with Gasteiger partial charge in [0.25, 0.3) is 6.43 Å². The molecule has 0 bridgehead atoms. The van der Waals surface area contributed by atoms with Crippen molar-refractivity contribution in [2.24, 2.45) is 7.05 Å². The number of amides is 2. The van der Waals surface area contributed by atoms with Crippen molar-refractivity contribution >= 4 is 6.03 Å². The summed E-state index contributed by atoms with van der Waals surface area (Å²) < 4.78 is 37.2. The summed E-state index contributed by atoms with van der Waals surface area (Å²) in [6.45, 7) is 6.95. The molecule has 1 saturated heterocycles. The van der Waals surface area contributed by atoms with Gasteiger partial charge in [-0.15, -0.1) is 0 Å². The molecule has 2 aromatic heterocycles. The van der Waals surface area contributed by atoms with E-state index in [9.17, 15) is 13.6 Å². The number of aromatic nitrogens is 4. The number of nitrogens with one attached hydrogen (secondary N) is 1. The van der Waals surface area contributed by atoms with Crippen LogP contribution in [-0.2, 0) is 31.2 Å². The zero-order chi connectivity index (χ0) is 29.1. The Kier molecular flexibility index (Phi) is 9.06. The fourth-order valence-corrected chi connectivity index (χ4v) is 6.34. The Morgan fingerprint density at radius 3 is 2.66 bits per heavy atom. The van der Waals surface area contributed by atoms with E-state index < -0.39 is 6.43 Å². The van der Waals surface area contributed by atoms with E-state index in [2.05, 4.69) is 22.0 Å². The number of hydrogen-bond donors (Lipinski definition) is 1. The molecular weight excluding hydrogens is 526 g/mol. The lowest BCUT2D eigenvalue weighted by Crippen LogP contribution is -2.41. The number of halogens is 2. The van der Waals surface area contributed by atoms with Gasteiger partial charge in [-0.25, -0.2) is 13.6 Å². The second-order valence-corrected chi connectivity index (χ2v) is 11.5. The van der Waals surface area contributed by atoms with Crippen LogP contribution in [0, 0.1) is 6.92 Å². The van der Waals surface area contributed by atoms with Gasteiger partial charge in [-0.1, -0.05) is 13.3 Å². The number of carbonyl (C=O) groups is 1. The van der Waals surface area contributed by atoms with Gasteiger partial charge in [0.15, 0.2) is 0 Å². The molecule has 3 aromatic rings. The van der Waals surface area contributed by atoms with Crippen molar-refractivity contribution in [3.63, 3.8) is 0 Å². The molecule has 2 aliphatic rings. The van der Waals surface area contributed by atoms with Crippen LogP contribution < -0.4 is 5.32 Å². The summed E-state index contributed by atoms with van der Waals surface area (Å²) in [5, 5.41) is 12.3. The summed E-state index contributed by atoms with van der Waals surface area (Å²) in [6, 6.07) is 5.61. The number of fused-ring (bicyclic) bond motifs is 1. The Bertz CT molecular complexity index is 1360. The van der Waals surface area contributed by atoms with E-state index in [0.717, 1.165) is 75.0 Å². The molecule has 1 atom stereocenters. The van der Waals surface area contributed by atoms with E-state index in [0.29, 0.717) is 30.4 Å². The smallest absolute Gasteiger partial charge is 0.317 e. The lowest BCUT2D eigenvalue weighted by atomic mass is 9.91. The van der Waals surface area contributed by atoms with Crippen LogP contribution in [0.15, 0.2) is 24.4 Å². The van der Waals surface area contributed by atoms with Crippen molar-refractivity contribution in [2.45, 2.75) is 83.7 Å². The topological polar surface area (TPSA) is 77.2 Å². The quantitative estimate of drug-likeness (QED) is 0.317. The molecule has 2 amide bonds. The largest absolute Gasteiger partial charge is 0.381 e. The second kappa shape index (κ2) is 12.7. The average Bonchev–Trinajstić information content (AvgIpc) is 3.59. The minimum Gasteiger partial charge on any atom is -0.381 e. The van der Waals surface area contributed by atoms with Gasteiger partial charge in [-0.3, -0.25) is 9.36 Å². The third kappa shape index (κ3) is 6.32. The van der Waals surface area contributed by atoms with Gasteiger partial charge >= 0.3 is 6.03 Å². The second-order valence-electron chi connectivity index (χ2n) is 11.5. The number of alkyl halides is 2. The van der Waals surface area contributed by atoms with Gasteiger partial charge in [0.1, 0.15) is 0 Å². The van der Waals surface area contributed by atoms with Crippen molar-refractivity contribution < 1.29 is 18.3 Å². The average molecular weight is 569 g/mol. The van der Waals surface area contributed by atoms with Crippen LogP contribution in [0.4, 0.5) is 13.6 Å². The first-order valence-corrected chi connectivity index (χ1v) is 14.8. The van der Waals surface area contributed by atoms with Crippen molar-refractivity contribution in [1.29, 1.82) is 0 Å². The number of benzene rings is 1. The summed E-state index contributed by atoms with van der Waals surface area (Å²) in [6.07, 6.45) is 5.71. The molecule has 1 N–H and O–H groups in total. The minimum absolute atomic E-state index is 0.0364. The Labute approximate surface area is 241 Å². The van der Waals surface area contributed by atoms with Gasteiger partial charge in [-0.05, 0) is 68.4 Å². The number of unbranched alkanes of at least 4 members (excludes halogenated alkanes) is 1. The zero-order valence-electron chi connectivity index (χ0n) is 24.6. The molecule has 0 aliphatic carbocycles. The van der Waals surface area contributed by atoms with Gasteiger partial charge in [0.2, 0.25) is 0 Å². The lowest BCUT2D eigenvalue weighted by Gasteiger charge is -2.30. The first-order valence-electron chi connectivity index (χ1n) is 14.8. The number of urea groups is 1. The molecule has 8 nitrogen and oxygen atoms in total. The molecule has 4 heterocycles. The summed E-state index contributed by atoms with van der Waals surface area (Å²) in [5.74, 6) is 0.251. The molecule has 5 rings (SSSR count). The maximum atomic E-state index is 13.8. The summed E-state index contributed by atoms with van der Waals surface area (Å²) in [5.41, 5.74) is 6.70. The Morgan fingerprint density at radius 2 is 1.98 bits per heavy atom. The number of aryl methyl sites for hydroxylation is 3. The van der Waals surface area contributed by atoms with Crippen LogP contribution in [0.5, 0.6) is 0 Å². The molecule has 0 spiro atoms. The summed E-state index contributed by atoms with van der Waals surface area (Å²) >= 11 is 0. The fraction of sp³-hybridized carbons (Fsp3) is 0.581. The fourth-order valence-electron chi connectivity index (χ4n) is 6.34. The predicted molar refractivity (Wildman–Crippen MR) is 154 cm³/mol. The predicted octanol–water partition coefficient (Wildman–Crippen LogP) is 6.10. The molecular formula is C31H42F2N6O2. The number of carbonyl (C=O) groups excluding carboxylic acids is 1. The third-order valence-electron chi connectivity index (χ3n) is 8.69. The highest BCUT2D eigenvalue weighted by atomic mass is 19.3. The van der Waals surface area contributed by atoms with E-state index in [1.54, 1.807) is 37.1 Å². The highest BCUT2D eigenvalue weighted by Gasteiger charge is 2.31. The minimum atomic E-state index is -2.55. The third-order valence-corrected chi connectivity index (χ3v) is 8.69. The van der Waals surface area contributed by atoms with Gasteiger partial charge in [-0.2, -0.15) is 10.2 Å². The van der Waals surface area contributed by atoms with Crippen LogP contribution in [-0.4, -0.2) is 57.3 Å². The van der Waals surface area contributed by atoms with E-state index in [1.165, 1.54) is 11.3 Å². The highest BCUT2D eigenvalue weighted by molar-refractivity contribution is 5.74. The highest BCUT2D eigenvalue weighted by Crippen LogP contribution is 2.36. The number of rotatable bonds is 9. The molecule has 41 heavy (non-hydrogen) atoms. The normalized spacial score (nSPS) is 16.7. The Morgan fingerprint density at radius 1 is 1.20 bits per heavy atom. The van der Waals surface area contributed by atoms with E-state index in [1.807, 2.05) is 17.9 Å². The van der Waals surface area contributed by atoms with Crippen LogP contribution in [0.25, 0.3) is 11.3 Å². The van der Waals surface area contributed by atoms with Crippen LogP contribution in [0.2, 0.25) is 0 Å². The van der Waals surface area contributed by atoms with E-state index in [-0.39, 0.29) is 17.5 Å². The first kappa shape index (κ1) is 29.2. The van der Waals surface area contributed by atoms with E-state index >= 15 is 0 Å². The van der Waals surface area contributed by atoms with Gasteiger partial charge < -0.3 is 15.0 Å². The number of nitrogens with zero attached hydrogens (tertiary/aromatic N) is 5. The van der Waals surface area contributed by atoms with Gasteiger partial charge in [0.05, 0.1) is 24.0 Å². The number of hydrogen-bond acceptors (Lipinski definition) is 4. The van der Waals surface area contributed by atoms with Crippen LogP contribution >= 0.6 is 0 Å². The number of ether oxygens (including phenoxy) is 1. The maximum absolute atomic E-state index is 13.8. The summed E-state index contributed by atoms with van der Waals surface area (Å²) in [4.78, 5) is 14.3. The molecule has 2 aliphatic heterocycles. The van der Waals surface area contributed by atoms with E-state index in [4.69, 9.17) is 9.84 Å². The standard InChI is InChI=1S/C31H42F2N6O2/c1-20(7-5-6-8-22-18-24(27-9-13-37(4)35-27)25(30(32)33)17-21(22)2)29-26-19-38(31(40)34-3)14-10-28(26)39(36-29)23-11-15-41-16-12-23/h9,13,17-18,20,23,30H,5-8,10-12,14-16,19H2,1-4H3,(H,34,40)/t20-/m0/s1. The van der Waals surface area contributed by atoms with Crippen molar-refractivity contribution in [1.82, 2.24) is 29.8 Å². The zero-order valence-corrected chi connectivity index (χ0v) is 24.6. The van der Waals surface area contributed by atoms with Gasteiger partial charge in [0, 0.05) is 74.8 Å². The summed E-state index contributed by atoms with van der Waals surface area (Å²) in [7, 11) is 3.47. The molecule has 0 saturated carbocycles. The Balaban J connectivity index is 1.29. The molecule has 0 unspecified atom stereocenters. The molecule has 1 aromatic carbocycles. The first-order chi connectivity index (χ1) is 19.8. The van der Waals surface area contributed by atoms with Crippen molar-refractivity contribution in [3.05, 3.63) is 58.0 Å². The maximum Gasteiger partial charge on any atom is 0.317 e. The van der Waals surface area contributed by atoms with Crippen molar-refractivity contribution in [2.75, 3.05) is 26.8 Å². The molecule has 10 heteroatoms. The molecule has 1 fully saturated rings. The molecule has 0 radical (unpaired) electrons. The van der Waals surface area contributed by atoms with Crippen molar-refractivity contribution in [3.8, 4) is 11.3 Å². The molecule has 222 valence electrons. The van der Waals surface area contributed by atoms with Crippen LogP contribution in [0.1, 0.15) is 91.1 Å². The lowest BCUT2D eigenvalue weighted by molar-refractivity contribution is 0.0650.